The van der Waals surface area contributed by atoms with Gasteiger partial charge in [0.2, 0.25) is 5.91 Å². The number of hydrogen-bond donors (Lipinski definition) is 1. The maximum absolute atomic E-state index is 13.4. The molecule has 0 spiro atoms. The SMILES string of the molecule is CC(C)(C)OC(=O)NC(C=O)CC(c1ccccc1)N1CCC(N2C(=O)C(C)(C)c3ccccc32)CC1. The van der Waals surface area contributed by atoms with Crippen LogP contribution in [0.1, 0.15) is 71.0 Å². The zero-order chi connectivity index (χ0) is 26.8. The summed E-state index contributed by atoms with van der Waals surface area (Å²) in [5.74, 6) is 0.161. The highest BCUT2D eigenvalue weighted by Crippen LogP contribution is 2.44. The van der Waals surface area contributed by atoms with Crippen LogP contribution < -0.4 is 10.2 Å². The monoisotopic (exact) mass is 505 g/mol. The first-order chi connectivity index (χ1) is 17.5. The van der Waals surface area contributed by atoms with Gasteiger partial charge in [0.1, 0.15) is 11.9 Å². The molecule has 7 nitrogen and oxygen atoms in total. The fourth-order valence-corrected chi connectivity index (χ4v) is 5.58. The topological polar surface area (TPSA) is 79.0 Å². The summed E-state index contributed by atoms with van der Waals surface area (Å²) in [5, 5.41) is 2.73. The minimum Gasteiger partial charge on any atom is -0.444 e. The van der Waals surface area contributed by atoms with Crippen LogP contribution in [0.2, 0.25) is 0 Å². The molecule has 0 radical (unpaired) electrons. The summed E-state index contributed by atoms with van der Waals surface area (Å²) in [5.41, 5.74) is 2.05. The molecule has 2 heterocycles. The Balaban J connectivity index is 1.48. The summed E-state index contributed by atoms with van der Waals surface area (Å²) in [6, 6.07) is 17.6. The first-order valence-electron chi connectivity index (χ1n) is 13.2. The highest BCUT2D eigenvalue weighted by Gasteiger charge is 2.46. The predicted molar refractivity (Wildman–Crippen MR) is 145 cm³/mol. The molecular weight excluding hydrogens is 466 g/mol. The van der Waals surface area contributed by atoms with E-state index in [9.17, 15) is 14.4 Å². The van der Waals surface area contributed by atoms with Crippen LogP contribution >= 0.6 is 0 Å². The van der Waals surface area contributed by atoms with Crippen molar-refractivity contribution in [2.75, 3.05) is 18.0 Å². The normalized spacial score (nSPS) is 19.7. The van der Waals surface area contributed by atoms with Gasteiger partial charge >= 0.3 is 6.09 Å². The number of amides is 2. The van der Waals surface area contributed by atoms with Gasteiger partial charge in [-0.1, -0.05) is 48.5 Å². The first kappa shape index (κ1) is 26.9. The van der Waals surface area contributed by atoms with Crippen LogP contribution in [0.3, 0.4) is 0 Å². The number of anilines is 1. The lowest BCUT2D eigenvalue weighted by Gasteiger charge is -2.41. The summed E-state index contributed by atoms with van der Waals surface area (Å²) in [7, 11) is 0. The van der Waals surface area contributed by atoms with Gasteiger partial charge in [0.25, 0.3) is 0 Å². The van der Waals surface area contributed by atoms with Crippen LogP contribution in [0.5, 0.6) is 0 Å². The molecule has 37 heavy (non-hydrogen) atoms. The molecule has 0 bridgehead atoms. The van der Waals surface area contributed by atoms with E-state index in [1.807, 2.05) is 49.1 Å². The van der Waals surface area contributed by atoms with Gasteiger partial charge in [-0.05, 0) is 71.1 Å². The molecule has 198 valence electrons. The third kappa shape index (κ3) is 5.87. The number of ether oxygens (including phenoxy) is 1. The fraction of sp³-hybridized carbons (Fsp3) is 0.500. The number of aldehydes is 1. The maximum atomic E-state index is 13.4. The molecule has 2 amide bonds. The average molecular weight is 506 g/mol. The van der Waals surface area contributed by atoms with Crippen molar-refractivity contribution in [3.8, 4) is 0 Å². The Morgan fingerprint density at radius 2 is 1.70 bits per heavy atom. The van der Waals surface area contributed by atoms with Gasteiger partial charge in [-0.25, -0.2) is 4.79 Å². The second kappa shape index (κ2) is 10.7. The van der Waals surface area contributed by atoms with Crippen LogP contribution in [-0.4, -0.2) is 54.0 Å². The minimum absolute atomic E-state index is 0.0507. The van der Waals surface area contributed by atoms with E-state index in [-0.39, 0.29) is 18.0 Å². The number of carbonyl (C=O) groups excluding carboxylic acids is 3. The van der Waals surface area contributed by atoms with E-state index in [0.717, 1.165) is 49.0 Å². The number of likely N-dealkylation sites (tertiary alicyclic amines) is 1. The number of nitrogens with one attached hydrogen (secondary N) is 1. The van der Waals surface area contributed by atoms with Gasteiger partial charge in [-0.15, -0.1) is 0 Å². The van der Waals surface area contributed by atoms with Crippen molar-refractivity contribution in [2.24, 2.45) is 0 Å². The molecule has 1 saturated heterocycles. The lowest BCUT2D eigenvalue weighted by atomic mass is 9.86. The number of piperidine rings is 1. The Hall–Kier alpha value is -3.19. The van der Waals surface area contributed by atoms with E-state index in [1.54, 1.807) is 20.8 Å². The van der Waals surface area contributed by atoms with Crippen molar-refractivity contribution in [1.29, 1.82) is 0 Å². The maximum Gasteiger partial charge on any atom is 0.408 e. The third-order valence-corrected chi connectivity index (χ3v) is 7.42. The lowest BCUT2D eigenvalue weighted by molar-refractivity contribution is -0.122. The number of nitrogens with zero attached hydrogens (tertiary/aromatic N) is 2. The highest BCUT2D eigenvalue weighted by atomic mass is 16.6. The van der Waals surface area contributed by atoms with Crippen molar-refractivity contribution in [3.05, 3.63) is 65.7 Å². The van der Waals surface area contributed by atoms with Gasteiger partial charge in [0, 0.05) is 30.9 Å². The molecule has 1 fully saturated rings. The largest absolute Gasteiger partial charge is 0.444 e. The Morgan fingerprint density at radius 3 is 2.32 bits per heavy atom. The second-order valence-electron chi connectivity index (χ2n) is 11.6. The fourth-order valence-electron chi connectivity index (χ4n) is 5.58. The quantitative estimate of drug-likeness (QED) is 0.536. The van der Waals surface area contributed by atoms with Crippen molar-refractivity contribution in [2.45, 2.75) is 83.0 Å². The number of carbonyl (C=O) groups is 3. The van der Waals surface area contributed by atoms with E-state index in [4.69, 9.17) is 4.74 Å². The molecule has 7 heteroatoms. The summed E-state index contributed by atoms with van der Waals surface area (Å²) < 4.78 is 5.37. The summed E-state index contributed by atoms with van der Waals surface area (Å²) in [6.07, 6.45) is 2.31. The van der Waals surface area contributed by atoms with Gasteiger partial charge in [-0.3, -0.25) is 9.69 Å². The molecule has 2 aromatic rings. The zero-order valence-corrected chi connectivity index (χ0v) is 22.6. The third-order valence-electron chi connectivity index (χ3n) is 7.42. The van der Waals surface area contributed by atoms with Crippen LogP contribution in [0.4, 0.5) is 10.5 Å². The van der Waals surface area contributed by atoms with Crippen LogP contribution in [0, 0.1) is 0 Å². The lowest BCUT2D eigenvalue weighted by Crippen LogP contribution is -2.50. The number of hydrogen-bond acceptors (Lipinski definition) is 5. The molecular formula is C30H39N3O4. The molecule has 1 N–H and O–H groups in total. The van der Waals surface area contributed by atoms with Gasteiger partial charge < -0.3 is 19.7 Å². The minimum atomic E-state index is -0.675. The Morgan fingerprint density at radius 1 is 1.08 bits per heavy atom. The standard InChI is InChI=1S/C30H39N3O4/c1-29(2,3)37-28(36)31-22(20-34)19-26(21-11-7-6-8-12-21)32-17-15-23(16-18-32)33-25-14-10-9-13-24(25)30(4,5)27(33)35/h6-14,20,22-23,26H,15-19H2,1-5H3,(H,31,36). The molecule has 2 aromatic carbocycles. The molecule has 0 aliphatic carbocycles. The molecule has 2 aliphatic heterocycles. The number of benzene rings is 2. The molecule has 0 saturated carbocycles. The highest BCUT2D eigenvalue weighted by molar-refractivity contribution is 6.08. The smallest absolute Gasteiger partial charge is 0.408 e. The van der Waals surface area contributed by atoms with Gasteiger partial charge in [-0.2, -0.15) is 0 Å². The van der Waals surface area contributed by atoms with Crippen molar-refractivity contribution in [3.63, 3.8) is 0 Å². The van der Waals surface area contributed by atoms with E-state index >= 15 is 0 Å². The number of fused-ring (bicyclic) bond motifs is 1. The van der Waals surface area contributed by atoms with Gasteiger partial charge in [0.05, 0.1) is 11.5 Å². The Labute approximate surface area is 220 Å². The van der Waals surface area contributed by atoms with Crippen molar-refractivity contribution < 1.29 is 19.1 Å². The molecule has 4 rings (SSSR count). The predicted octanol–water partition coefficient (Wildman–Crippen LogP) is 5.00. The Kier molecular flexibility index (Phi) is 7.74. The van der Waals surface area contributed by atoms with E-state index in [1.165, 1.54) is 0 Å². The van der Waals surface area contributed by atoms with Crippen LogP contribution in [-0.2, 0) is 19.7 Å². The molecule has 2 unspecified atom stereocenters. The molecule has 2 aliphatic rings. The van der Waals surface area contributed by atoms with E-state index in [2.05, 4.69) is 34.5 Å². The average Bonchev–Trinajstić information content (AvgIpc) is 3.06. The summed E-state index contributed by atoms with van der Waals surface area (Å²) >= 11 is 0. The number of alkyl carbamates (subject to hydrolysis) is 1. The second-order valence-corrected chi connectivity index (χ2v) is 11.6. The van der Waals surface area contributed by atoms with Crippen molar-refractivity contribution >= 4 is 24.0 Å². The molecule has 2 atom stereocenters. The van der Waals surface area contributed by atoms with Crippen molar-refractivity contribution in [1.82, 2.24) is 10.2 Å². The van der Waals surface area contributed by atoms with E-state index < -0.39 is 23.2 Å². The van der Waals surface area contributed by atoms with E-state index in [0.29, 0.717) is 6.42 Å². The number of para-hydroxylation sites is 1. The molecule has 0 aromatic heterocycles. The first-order valence-corrected chi connectivity index (χ1v) is 13.2. The Bertz CT molecular complexity index is 1120. The zero-order valence-electron chi connectivity index (χ0n) is 22.6. The number of rotatable bonds is 7. The van der Waals surface area contributed by atoms with Crippen LogP contribution in [0.25, 0.3) is 0 Å². The van der Waals surface area contributed by atoms with Crippen LogP contribution in [0.15, 0.2) is 54.6 Å². The summed E-state index contributed by atoms with van der Waals surface area (Å²) in [4.78, 5) is 42.1. The summed E-state index contributed by atoms with van der Waals surface area (Å²) in [6.45, 7) is 11.0. The van der Waals surface area contributed by atoms with Gasteiger partial charge in [0.15, 0.2) is 0 Å².